The van der Waals surface area contributed by atoms with Crippen molar-refractivity contribution >= 4 is 31.9 Å². The predicted molar refractivity (Wildman–Crippen MR) is 72.9 cm³/mol. The summed E-state index contributed by atoms with van der Waals surface area (Å²) in [4.78, 5) is 0. The lowest BCUT2D eigenvalue weighted by Gasteiger charge is -2.51. The van der Waals surface area contributed by atoms with E-state index < -0.39 is 0 Å². The fraction of sp³-hybridized carbons (Fsp3) is 0.286. The summed E-state index contributed by atoms with van der Waals surface area (Å²) in [7, 11) is 0. The first-order valence-electron chi connectivity index (χ1n) is 5.60. The molecule has 0 radical (unpaired) electrons. The van der Waals surface area contributed by atoms with E-state index in [0.29, 0.717) is 23.7 Å². The Hall–Kier alpha value is -0.340. The van der Waals surface area contributed by atoms with Crippen LogP contribution in [0, 0.1) is 11.8 Å². The van der Waals surface area contributed by atoms with E-state index in [1.165, 1.54) is 20.1 Å². The molecule has 0 amide bonds. The molecule has 0 fully saturated rings. The molecule has 0 unspecified atom stereocenters. The second-order valence-corrected chi connectivity index (χ2v) is 6.67. The predicted octanol–water partition coefficient (Wildman–Crippen LogP) is 4.68. The Balaban J connectivity index is 1.98. The van der Waals surface area contributed by atoms with Crippen LogP contribution in [0.5, 0.6) is 0 Å². The molecule has 0 heterocycles. The molecule has 4 aliphatic carbocycles. The van der Waals surface area contributed by atoms with Gasteiger partial charge in [0, 0.05) is 17.8 Å². The van der Waals surface area contributed by atoms with Crippen molar-refractivity contribution in [3.05, 3.63) is 56.5 Å². The van der Waals surface area contributed by atoms with Crippen molar-refractivity contribution in [1.29, 1.82) is 0 Å². The van der Waals surface area contributed by atoms with Crippen molar-refractivity contribution in [2.45, 2.75) is 11.8 Å². The van der Waals surface area contributed by atoms with Gasteiger partial charge in [0.05, 0.1) is 0 Å². The van der Waals surface area contributed by atoms with Gasteiger partial charge in [0.1, 0.15) is 0 Å². The fourth-order valence-corrected chi connectivity index (χ4v) is 5.21. The van der Waals surface area contributed by atoms with Gasteiger partial charge in [-0.3, -0.25) is 0 Å². The van der Waals surface area contributed by atoms with Gasteiger partial charge >= 0.3 is 0 Å². The molecule has 1 aromatic carbocycles. The van der Waals surface area contributed by atoms with Crippen LogP contribution in [0.1, 0.15) is 23.0 Å². The first-order valence-corrected chi connectivity index (χ1v) is 7.19. The molecular formula is C14H10Br2. The standard InChI is InChI=1S/C14H10Br2/c15-11-5-9-7-3-1-2-4-8(7)13(11)10-6-12(16)14(9)10/h1-6,9-10,13-14H/t9-,10+,13+,14-/m0/s1. The number of hydrogen-bond acceptors (Lipinski definition) is 0. The van der Waals surface area contributed by atoms with Crippen LogP contribution in [-0.4, -0.2) is 0 Å². The molecule has 4 atom stereocenters. The quantitative estimate of drug-likeness (QED) is 0.644. The van der Waals surface area contributed by atoms with Crippen LogP contribution in [0.2, 0.25) is 0 Å². The van der Waals surface area contributed by atoms with Crippen molar-refractivity contribution < 1.29 is 0 Å². The highest BCUT2D eigenvalue weighted by atomic mass is 79.9. The number of hydrogen-bond donors (Lipinski definition) is 0. The average molecular weight is 338 g/mol. The minimum atomic E-state index is 0.562. The highest BCUT2D eigenvalue weighted by molar-refractivity contribution is 9.12. The summed E-state index contributed by atoms with van der Waals surface area (Å²) in [6, 6.07) is 8.90. The van der Waals surface area contributed by atoms with Crippen LogP contribution in [0.15, 0.2) is 45.4 Å². The molecule has 0 N–H and O–H groups in total. The van der Waals surface area contributed by atoms with Crippen molar-refractivity contribution in [2.24, 2.45) is 11.8 Å². The van der Waals surface area contributed by atoms with Gasteiger partial charge in [0.25, 0.3) is 0 Å². The Morgan fingerprint density at radius 1 is 0.875 bits per heavy atom. The van der Waals surface area contributed by atoms with Crippen LogP contribution >= 0.6 is 31.9 Å². The summed E-state index contributed by atoms with van der Waals surface area (Å²) in [5.41, 5.74) is 3.06. The van der Waals surface area contributed by atoms with Crippen LogP contribution in [0.4, 0.5) is 0 Å². The molecule has 4 aliphatic rings. The zero-order valence-corrected chi connectivity index (χ0v) is 11.7. The first-order chi connectivity index (χ1) is 7.77. The molecule has 1 aromatic rings. The second kappa shape index (κ2) is 3.11. The summed E-state index contributed by atoms with van der Waals surface area (Å²) in [6.45, 7) is 0. The molecule has 2 heteroatoms. The Labute approximate surface area is 112 Å². The van der Waals surface area contributed by atoms with Gasteiger partial charge in [-0.2, -0.15) is 0 Å². The molecule has 80 valence electrons. The summed E-state index contributed by atoms with van der Waals surface area (Å²) in [6.07, 6.45) is 4.79. The minimum Gasteiger partial charge on any atom is -0.0693 e. The SMILES string of the molecule is BrC1=C[C@H]2[C@@H]1[C@H]1C=C(Br)[C@@H]2c2ccccc21. The highest BCUT2D eigenvalue weighted by Crippen LogP contribution is 2.63. The summed E-state index contributed by atoms with van der Waals surface area (Å²) in [5, 5.41) is 0. The Morgan fingerprint density at radius 3 is 2.38 bits per heavy atom. The number of halogens is 2. The largest absolute Gasteiger partial charge is 0.0693 e. The smallest absolute Gasteiger partial charge is 0.0225 e. The molecule has 0 spiro atoms. The van der Waals surface area contributed by atoms with Gasteiger partial charge in [0.15, 0.2) is 0 Å². The van der Waals surface area contributed by atoms with E-state index in [-0.39, 0.29) is 0 Å². The zero-order chi connectivity index (χ0) is 10.9. The average Bonchev–Trinajstić information content (AvgIpc) is 2.27. The highest BCUT2D eigenvalue weighted by Gasteiger charge is 2.50. The van der Waals surface area contributed by atoms with Crippen LogP contribution in [-0.2, 0) is 0 Å². The topological polar surface area (TPSA) is 0 Å². The van der Waals surface area contributed by atoms with Crippen LogP contribution < -0.4 is 0 Å². The maximum Gasteiger partial charge on any atom is 0.0225 e. The van der Waals surface area contributed by atoms with E-state index in [9.17, 15) is 0 Å². The lowest BCUT2D eigenvalue weighted by atomic mass is 9.55. The summed E-state index contributed by atoms with van der Waals surface area (Å²) < 4.78 is 2.78. The molecule has 16 heavy (non-hydrogen) atoms. The maximum absolute atomic E-state index is 3.75. The van der Waals surface area contributed by atoms with E-state index in [1.807, 2.05) is 0 Å². The monoisotopic (exact) mass is 336 g/mol. The number of allylic oxidation sites excluding steroid dienone is 4. The number of benzene rings is 1. The van der Waals surface area contributed by atoms with Crippen molar-refractivity contribution in [3.8, 4) is 0 Å². The van der Waals surface area contributed by atoms with Gasteiger partial charge < -0.3 is 0 Å². The second-order valence-electron chi connectivity index (χ2n) is 4.84. The van der Waals surface area contributed by atoms with E-state index >= 15 is 0 Å². The molecule has 0 saturated heterocycles. The van der Waals surface area contributed by atoms with Crippen molar-refractivity contribution in [3.63, 3.8) is 0 Å². The lowest BCUT2D eigenvalue weighted by molar-refractivity contribution is 0.309. The van der Waals surface area contributed by atoms with Gasteiger partial charge in [-0.1, -0.05) is 68.3 Å². The van der Waals surface area contributed by atoms with E-state index in [1.54, 1.807) is 0 Å². The maximum atomic E-state index is 3.75. The normalized spacial score (nSPS) is 38.1. The van der Waals surface area contributed by atoms with E-state index in [0.717, 1.165) is 0 Å². The first kappa shape index (κ1) is 9.67. The van der Waals surface area contributed by atoms with Gasteiger partial charge in [-0.15, -0.1) is 0 Å². The Bertz CT molecular complexity index is 541. The third kappa shape index (κ3) is 1.01. The van der Waals surface area contributed by atoms with Gasteiger partial charge in [-0.05, 0) is 26.0 Å². The summed E-state index contributed by atoms with van der Waals surface area (Å²) >= 11 is 7.45. The summed E-state index contributed by atoms with van der Waals surface area (Å²) in [5.74, 6) is 2.53. The third-order valence-corrected chi connectivity index (χ3v) is 5.73. The molecule has 5 rings (SSSR count). The Morgan fingerprint density at radius 2 is 1.62 bits per heavy atom. The van der Waals surface area contributed by atoms with Gasteiger partial charge in [-0.25, -0.2) is 0 Å². The Kier molecular flexibility index (Phi) is 1.88. The molecule has 2 bridgehead atoms. The lowest BCUT2D eigenvalue weighted by Crippen LogP contribution is -2.40. The third-order valence-electron chi connectivity index (χ3n) is 4.18. The van der Waals surface area contributed by atoms with E-state index in [2.05, 4.69) is 68.3 Å². The molecule has 0 saturated carbocycles. The molecular weight excluding hydrogens is 328 g/mol. The van der Waals surface area contributed by atoms with Crippen LogP contribution in [0.25, 0.3) is 0 Å². The molecule has 0 aromatic heterocycles. The molecule has 0 aliphatic heterocycles. The minimum absolute atomic E-state index is 0.562. The van der Waals surface area contributed by atoms with E-state index in [4.69, 9.17) is 0 Å². The molecule has 0 nitrogen and oxygen atoms in total. The zero-order valence-electron chi connectivity index (χ0n) is 8.53. The van der Waals surface area contributed by atoms with Crippen LogP contribution in [0.3, 0.4) is 0 Å². The van der Waals surface area contributed by atoms with Crippen molar-refractivity contribution in [1.82, 2.24) is 0 Å². The fourth-order valence-electron chi connectivity index (χ4n) is 3.48. The van der Waals surface area contributed by atoms with Crippen molar-refractivity contribution in [2.75, 3.05) is 0 Å². The van der Waals surface area contributed by atoms with Gasteiger partial charge in [0.2, 0.25) is 0 Å². The number of rotatable bonds is 0.